The smallest absolute Gasteiger partial charge is 0.321 e. The lowest BCUT2D eigenvalue weighted by Crippen LogP contribution is -2.48. The molecule has 8 heteroatoms. The normalized spacial score (nSPS) is 18.8. The van der Waals surface area contributed by atoms with Crippen LogP contribution in [-0.2, 0) is 10.0 Å². The summed E-state index contributed by atoms with van der Waals surface area (Å²) in [6.07, 6.45) is 1.05. The first-order valence-corrected chi connectivity index (χ1v) is 8.57. The average Bonchev–Trinajstić information content (AvgIpc) is 2.46. The maximum atomic E-state index is 12.2. The largest absolute Gasteiger partial charge is 0.323 e. The van der Waals surface area contributed by atoms with E-state index in [1.165, 1.54) is 11.8 Å². The van der Waals surface area contributed by atoms with Gasteiger partial charge in [-0.15, -0.1) is 0 Å². The van der Waals surface area contributed by atoms with E-state index < -0.39 is 21.3 Å². The number of piperidine rings is 1. The molecule has 22 heavy (non-hydrogen) atoms. The van der Waals surface area contributed by atoms with Crippen molar-refractivity contribution in [2.75, 3.05) is 18.4 Å². The molecule has 0 bridgehead atoms. The highest BCUT2D eigenvalue weighted by Gasteiger charge is 2.30. The summed E-state index contributed by atoms with van der Waals surface area (Å²) in [5.41, 5.74) is 0.995. The van der Waals surface area contributed by atoms with Gasteiger partial charge >= 0.3 is 6.03 Å². The number of rotatable bonds is 3. The minimum atomic E-state index is -3.65. The number of Topliss-reactive ketones (excluding diaryl/α,β-unsaturated/α-hetero) is 1. The van der Waals surface area contributed by atoms with Crippen molar-refractivity contribution in [3.63, 3.8) is 0 Å². The molecule has 7 nitrogen and oxygen atoms in total. The highest BCUT2D eigenvalue weighted by molar-refractivity contribution is 7.89. The highest BCUT2D eigenvalue weighted by Crippen LogP contribution is 2.17. The number of urea groups is 1. The number of likely N-dealkylation sites (tertiary alicyclic amines) is 1. The maximum absolute atomic E-state index is 12.2. The summed E-state index contributed by atoms with van der Waals surface area (Å²) >= 11 is 0. The zero-order valence-corrected chi connectivity index (χ0v) is 13.1. The van der Waals surface area contributed by atoms with Crippen LogP contribution in [0.2, 0.25) is 0 Å². The number of hydrogen-bond acceptors (Lipinski definition) is 4. The SMILES string of the molecule is CC(=O)c1cccc(NC(=O)N2CCC[C@@H](S(N)(=O)=O)C2)c1. The van der Waals surface area contributed by atoms with Gasteiger partial charge < -0.3 is 10.2 Å². The van der Waals surface area contributed by atoms with Crippen LogP contribution in [0.5, 0.6) is 0 Å². The zero-order valence-electron chi connectivity index (χ0n) is 12.3. The Balaban J connectivity index is 2.06. The average molecular weight is 325 g/mol. The van der Waals surface area contributed by atoms with Crippen molar-refractivity contribution in [2.45, 2.75) is 25.0 Å². The van der Waals surface area contributed by atoms with Gasteiger partial charge in [0.15, 0.2) is 5.78 Å². The first kappa shape index (κ1) is 16.4. The van der Waals surface area contributed by atoms with Crippen molar-refractivity contribution in [3.8, 4) is 0 Å². The number of hydrogen-bond donors (Lipinski definition) is 2. The van der Waals surface area contributed by atoms with Crippen molar-refractivity contribution in [1.82, 2.24) is 4.90 Å². The van der Waals surface area contributed by atoms with Gasteiger partial charge in [0.25, 0.3) is 0 Å². The Kier molecular flexibility index (Phi) is 4.82. The fourth-order valence-corrected chi connectivity index (χ4v) is 3.29. The van der Waals surface area contributed by atoms with Crippen LogP contribution < -0.4 is 10.5 Å². The van der Waals surface area contributed by atoms with Crippen LogP contribution in [0.4, 0.5) is 10.5 Å². The van der Waals surface area contributed by atoms with Crippen LogP contribution in [0.15, 0.2) is 24.3 Å². The molecule has 0 unspecified atom stereocenters. The van der Waals surface area contributed by atoms with Crippen molar-refractivity contribution < 1.29 is 18.0 Å². The van der Waals surface area contributed by atoms with Gasteiger partial charge in [-0.3, -0.25) is 4.79 Å². The molecular formula is C14H19N3O4S. The molecule has 0 spiro atoms. The molecule has 1 saturated heterocycles. The quantitative estimate of drug-likeness (QED) is 0.813. The summed E-state index contributed by atoms with van der Waals surface area (Å²) in [4.78, 5) is 25.0. The predicted molar refractivity (Wildman–Crippen MR) is 83.2 cm³/mol. The Morgan fingerprint density at radius 2 is 2.09 bits per heavy atom. The lowest BCUT2D eigenvalue weighted by atomic mass is 10.1. The van der Waals surface area contributed by atoms with Gasteiger partial charge in [-0.2, -0.15) is 0 Å². The van der Waals surface area contributed by atoms with E-state index in [9.17, 15) is 18.0 Å². The summed E-state index contributed by atoms with van der Waals surface area (Å²) in [5.74, 6) is -0.0941. The summed E-state index contributed by atoms with van der Waals surface area (Å²) < 4.78 is 22.8. The number of ketones is 1. The molecule has 1 aromatic carbocycles. The van der Waals surface area contributed by atoms with E-state index in [0.717, 1.165) is 0 Å². The van der Waals surface area contributed by atoms with E-state index in [0.29, 0.717) is 30.6 Å². The number of anilines is 1. The summed E-state index contributed by atoms with van der Waals surface area (Å²) in [5, 5.41) is 7.11. The van der Waals surface area contributed by atoms with Crippen LogP contribution in [0.3, 0.4) is 0 Å². The third kappa shape index (κ3) is 4.05. The molecule has 0 aromatic heterocycles. The van der Waals surface area contributed by atoms with E-state index in [4.69, 9.17) is 5.14 Å². The van der Waals surface area contributed by atoms with Crippen LogP contribution in [0.1, 0.15) is 30.1 Å². The highest BCUT2D eigenvalue weighted by atomic mass is 32.2. The van der Waals surface area contributed by atoms with Gasteiger partial charge in [-0.25, -0.2) is 18.4 Å². The van der Waals surface area contributed by atoms with Crippen LogP contribution in [-0.4, -0.2) is 43.5 Å². The van der Waals surface area contributed by atoms with Crippen molar-refractivity contribution in [2.24, 2.45) is 5.14 Å². The lowest BCUT2D eigenvalue weighted by Gasteiger charge is -2.31. The third-order valence-electron chi connectivity index (χ3n) is 3.65. The predicted octanol–water partition coefficient (Wildman–Crippen LogP) is 1.17. The maximum Gasteiger partial charge on any atom is 0.321 e. The second-order valence-corrected chi connectivity index (χ2v) is 7.21. The fourth-order valence-electron chi connectivity index (χ4n) is 2.41. The van der Waals surface area contributed by atoms with E-state index in [2.05, 4.69) is 5.32 Å². The first-order valence-electron chi connectivity index (χ1n) is 6.96. The Hall–Kier alpha value is -1.93. The number of nitrogens with one attached hydrogen (secondary N) is 1. The molecule has 120 valence electrons. The Morgan fingerprint density at radius 3 is 2.73 bits per heavy atom. The molecule has 0 radical (unpaired) electrons. The molecule has 1 aliphatic heterocycles. The number of carbonyl (C=O) groups is 2. The Morgan fingerprint density at radius 1 is 1.36 bits per heavy atom. The van der Waals surface area contributed by atoms with Gasteiger partial charge in [-0.1, -0.05) is 12.1 Å². The van der Waals surface area contributed by atoms with E-state index in [1.54, 1.807) is 24.3 Å². The number of benzene rings is 1. The van der Waals surface area contributed by atoms with Gasteiger partial charge in [-0.05, 0) is 31.9 Å². The molecule has 0 saturated carbocycles. The molecule has 3 N–H and O–H groups in total. The molecule has 1 aliphatic rings. The second kappa shape index (κ2) is 6.45. The standard InChI is InChI=1S/C14H19N3O4S/c1-10(18)11-4-2-5-12(8-11)16-14(19)17-7-3-6-13(9-17)22(15,20)21/h2,4-5,8,13H,3,6-7,9H2,1H3,(H,16,19)(H2,15,20,21)/t13-/m1/s1. The summed E-state index contributed by atoms with van der Waals surface area (Å²) in [6, 6.07) is 6.20. The molecule has 2 amide bonds. The van der Waals surface area contributed by atoms with Gasteiger partial charge in [0, 0.05) is 24.3 Å². The number of sulfonamides is 1. The van der Waals surface area contributed by atoms with E-state index in [-0.39, 0.29) is 12.3 Å². The molecule has 2 rings (SSSR count). The zero-order chi connectivity index (χ0) is 16.3. The number of nitrogens with two attached hydrogens (primary N) is 1. The minimum absolute atomic E-state index is 0.0804. The number of primary sulfonamides is 1. The second-order valence-electron chi connectivity index (χ2n) is 5.37. The molecule has 1 atom stereocenters. The first-order chi connectivity index (χ1) is 10.3. The fraction of sp³-hybridized carbons (Fsp3) is 0.429. The molecular weight excluding hydrogens is 306 g/mol. The summed E-state index contributed by atoms with van der Waals surface area (Å²) in [6.45, 7) is 2.00. The lowest BCUT2D eigenvalue weighted by molar-refractivity contribution is 0.101. The van der Waals surface area contributed by atoms with Gasteiger partial charge in [0.2, 0.25) is 10.0 Å². The molecule has 1 fully saturated rings. The van der Waals surface area contributed by atoms with E-state index >= 15 is 0 Å². The number of nitrogens with zero attached hydrogens (tertiary/aromatic N) is 1. The minimum Gasteiger partial charge on any atom is -0.323 e. The van der Waals surface area contributed by atoms with Gasteiger partial charge in [0.1, 0.15) is 0 Å². The van der Waals surface area contributed by atoms with Crippen LogP contribution in [0, 0.1) is 0 Å². The molecule has 0 aliphatic carbocycles. The van der Waals surface area contributed by atoms with Crippen molar-refractivity contribution >= 4 is 27.5 Å². The summed E-state index contributed by atoms with van der Waals surface area (Å²) in [7, 11) is -3.65. The Bertz CT molecular complexity index is 687. The van der Waals surface area contributed by atoms with Crippen molar-refractivity contribution in [3.05, 3.63) is 29.8 Å². The Labute approximate surface area is 129 Å². The van der Waals surface area contributed by atoms with Gasteiger partial charge in [0.05, 0.1) is 5.25 Å². The number of carbonyl (C=O) groups excluding carboxylic acids is 2. The third-order valence-corrected chi connectivity index (χ3v) is 4.96. The van der Waals surface area contributed by atoms with E-state index in [1.807, 2.05) is 0 Å². The monoisotopic (exact) mass is 325 g/mol. The molecule has 1 aromatic rings. The van der Waals surface area contributed by atoms with Crippen LogP contribution in [0.25, 0.3) is 0 Å². The van der Waals surface area contributed by atoms with Crippen LogP contribution >= 0.6 is 0 Å². The topological polar surface area (TPSA) is 110 Å². The number of amides is 2. The van der Waals surface area contributed by atoms with Crippen molar-refractivity contribution in [1.29, 1.82) is 0 Å². The molecule has 1 heterocycles.